The van der Waals surface area contributed by atoms with Crippen molar-refractivity contribution < 1.29 is 9.47 Å². The van der Waals surface area contributed by atoms with E-state index in [9.17, 15) is 0 Å². The highest BCUT2D eigenvalue weighted by Gasteiger charge is 2.48. The molecule has 3 fully saturated rings. The summed E-state index contributed by atoms with van der Waals surface area (Å²) in [6.07, 6.45) is 6.18. The van der Waals surface area contributed by atoms with E-state index in [4.69, 9.17) is 9.47 Å². The van der Waals surface area contributed by atoms with E-state index in [1.807, 2.05) is 0 Å². The van der Waals surface area contributed by atoms with E-state index < -0.39 is 0 Å². The molecule has 56 valence electrons. The van der Waals surface area contributed by atoms with Gasteiger partial charge in [0.1, 0.15) is 0 Å². The summed E-state index contributed by atoms with van der Waals surface area (Å²) in [5.41, 5.74) is 0. The lowest BCUT2D eigenvalue weighted by atomic mass is 9.98. The third-order valence-electron chi connectivity index (χ3n) is 3.06. The second-order valence-corrected chi connectivity index (χ2v) is 3.62. The topological polar surface area (TPSA) is 18.5 Å². The van der Waals surface area contributed by atoms with Crippen molar-refractivity contribution in [2.75, 3.05) is 0 Å². The van der Waals surface area contributed by atoms with E-state index in [1.165, 1.54) is 19.3 Å². The second kappa shape index (κ2) is 1.74. The Bertz CT molecular complexity index is 149. The first-order chi connectivity index (χ1) is 4.93. The van der Waals surface area contributed by atoms with Crippen molar-refractivity contribution in [3.8, 4) is 0 Å². The molecular formula is C8H12O2. The molecule has 3 rings (SSSR count). The summed E-state index contributed by atoms with van der Waals surface area (Å²) in [5.74, 6) is 0.837. The van der Waals surface area contributed by atoms with E-state index in [2.05, 4.69) is 0 Å². The highest BCUT2D eigenvalue weighted by atomic mass is 16.7. The molecule has 2 nitrogen and oxygen atoms in total. The minimum atomic E-state index is 0.173. The van der Waals surface area contributed by atoms with Gasteiger partial charge in [-0.25, -0.2) is 0 Å². The first kappa shape index (κ1) is 5.56. The average molecular weight is 140 g/mol. The van der Waals surface area contributed by atoms with Crippen LogP contribution >= 0.6 is 0 Å². The van der Waals surface area contributed by atoms with Crippen LogP contribution in [0.15, 0.2) is 0 Å². The van der Waals surface area contributed by atoms with Gasteiger partial charge in [-0.15, -0.1) is 0 Å². The summed E-state index contributed by atoms with van der Waals surface area (Å²) >= 11 is 0. The molecule has 1 aliphatic carbocycles. The number of ether oxygens (including phenoxy) is 2. The van der Waals surface area contributed by atoms with Gasteiger partial charge in [0.25, 0.3) is 0 Å². The minimum Gasteiger partial charge on any atom is -0.347 e. The largest absolute Gasteiger partial charge is 0.347 e. The molecule has 0 aromatic heterocycles. The summed E-state index contributed by atoms with van der Waals surface area (Å²) in [4.78, 5) is 0. The maximum atomic E-state index is 5.66. The molecular weight excluding hydrogens is 128 g/mol. The van der Waals surface area contributed by atoms with Gasteiger partial charge in [0.2, 0.25) is 0 Å². The molecule has 2 saturated heterocycles. The predicted molar refractivity (Wildman–Crippen MR) is 35.5 cm³/mol. The number of hydrogen-bond donors (Lipinski definition) is 0. The molecule has 2 heterocycles. The van der Waals surface area contributed by atoms with Crippen molar-refractivity contribution in [2.45, 2.75) is 44.2 Å². The third kappa shape index (κ3) is 0.565. The standard InChI is InChI=1S/C8H12O2/c1-3-6-8-5(1)2-4-7(9-6)10-8/h5-8H,1-4H2. The number of fused-ring (bicyclic) bond motifs is 1. The van der Waals surface area contributed by atoms with Crippen LogP contribution in [0.5, 0.6) is 0 Å². The fourth-order valence-electron chi connectivity index (χ4n) is 2.55. The minimum absolute atomic E-state index is 0.173. The van der Waals surface area contributed by atoms with Crippen LogP contribution in [0.4, 0.5) is 0 Å². The van der Waals surface area contributed by atoms with Gasteiger partial charge in [0.05, 0.1) is 12.2 Å². The third-order valence-corrected chi connectivity index (χ3v) is 3.06. The highest BCUT2D eigenvalue weighted by molar-refractivity contribution is 4.93. The molecule has 4 atom stereocenters. The zero-order valence-corrected chi connectivity index (χ0v) is 5.95. The van der Waals surface area contributed by atoms with Crippen LogP contribution in [-0.4, -0.2) is 18.5 Å². The quantitative estimate of drug-likeness (QED) is 0.505. The van der Waals surface area contributed by atoms with Crippen molar-refractivity contribution in [3.63, 3.8) is 0 Å². The first-order valence-electron chi connectivity index (χ1n) is 4.24. The molecule has 0 N–H and O–H groups in total. The lowest BCUT2D eigenvalue weighted by molar-refractivity contribution is -0.109. The molecule has 0 radical (unpaired) electrons. The maximum Gasteiger partial charge on any atom is 0.158 e. The van der Waals surface area contributed by atoms with Gasteiger partial charge in [-0.2, -0.15) is 0 Å². The van der Waals surface area contributed by atoms with Crippen LogP contribution in [0.25, 0.3) is 0 Å². The van der Waals surface area contributed by atoms with Crippen LogP contribution in [0, 0.1) is 5.92 Å². The lowest BCUT2D eigenvalue weighted by Crippen LogP contribution is -2.26. The van der Waals surface area contributed by atoms with E-state index in [0.29, 0.717) is 12.2 Å². The van der Waals surface area contributed by atoms with Gasteiger partial charge >= 0.3 is 0 Å². The molecule has 2 aliphatic heterocycles. The fourth-order valence-corrected chi connectivity index (χ4v) is 2.55. The van der Waals surface area contributed by atoms with E-state index in [1.54, 1.807) is 0 Å². The summed E-state index contributed by atoms with van der Waals surface area (Å²) < 4.78 is 11.3. The SMILES string of the molecule is C1CC2CCC3OC1OC23. The van der Waals surface area contributed by atoms with Crippen LogP contribution in [0.3, 0.4) is 0 Å². The molecule has 0 aromatic carbocycles. The van der Waals surface area contributed by atoms with Gasteiger partial charge in [0.15, 0.2) is 6.29 Å². The zero-order valence-electron chi connectivity index (χ0n) is 5.95. The molecule has 0 aromatic rings. The molecule has 2 heteroatoms. The van der Waals surface area contributed by atoms with Crippen LogP contribution < -0.4 is 0 Å². The highest BCUT2D eigenvalue weighted by Crippen LogP contribution is 2.44. The van der Waals surface area contributed by atoms with Crippen LogP contribution in [0.2, 0.25) is 0 Å². The Morgan fingerprint density at radius 1 is 0.900 bits per heavy atom. The molecule has 10 heavy (non-hydrogen) atoms. The van der Waals surface area contributed by atoms with E-state index >= 15 is 0 Å². The Balaban J connectivity index is 1.94. The summed E-state index contributed by atoms with van der Waals surface area (Å²) in [5, 5.41) is 0. The smallest absolute Gasteiger partial charge is 0.158 e. The zero-order chi connectivity index (χ0) is 6.55. The molecule has 1 saturated carbocycles. The lowest BCUT2D eigenvalue weighted by Gasteiger charge is -2.23. The van der Waals surface area contributed by atoms with Crippen molar-refractivity contribution in [2.24, 2.45) is 5.92 Å². The van der Waals surface area contributed by atoms with Gasteiger partial charge in [-0.3, -0.25) is 0 Å². The van der Waals surface area contributed by atoms with Gasteiger partial charge in [-0.05, 0) is 31.6 Å². The Morgan fingerprint density at radius 2 is 1.80 bits per heavy atom. The van der Waals surface area contributed by atoms with Crippen LogP contribution in [0.1, 0.15) is 25.7 Å². The molecule has 0 amide bonds. The first-order valence-corrected chi connectivity index (χ1v) is 4.24. The van der Waals surface area contributed by atoms with E-state index in [0.717, 1.165) is 12.3 Å². The van der Waals surface area contributed by atoms with Crippen LogP contribution in [-0.2, 0) is 9.47 Å². The Kier molecular flexibility index (Phi) is 0.968. The van der Waals surface area contributed by atoms with Crippen molar-refractivity contribution >= 4 is 0 Å². The number of hydrogen-bond acceptors (Lipinski definition) is 2. The summed E-state index contributed by atoms with van der Waals surface area (Å²) in [6.45, 7) is 0. The normalized spacial score (nSPS) is 57.6. The summed E-state index contributed by atoms with van der Waals surface area (Å²) in [6, 6.07) is 0. The molecule has 4 unspecified atom stereocenters. The molecule has 2 bridgehead atoms. The fraction of sp³-hybridized carbons (Fsp3) is 1.00. The van der Waals surface area contributed by atoms with Crippen molar-refractivity contribution in [1.29, 1.82) is 0 Å². The average Bonchev–Trinajstić information content (AvgIpc) is 2.38. The Morgan fingerprint density at radius 3 is 2.80 bits per heavy atom. The maximum absolute atomic E-state index is 5.66. The summed E-state index contributed by atoms with van der Waals surface area (Å²) in [7, 11) is 0. The Labute approximate surface area is 60.5 Å². The molecule has 0 spiro atoms. The number of rotatable bonds is 0. The van der Waals surface area contributed by atoms with Gasteiger partial charge in [0, 0.05) is 0 Å². The van der Waals surface area contributed by atoms with Crippen molar-refractivity contribution in [3.05, 3.63) is 0 Å². The Hall–Kier alpha value is -0.0800. The van der Waals surface area contributed by atoms with Gasteiger partial charge in [-0.1, -0.05) is 0 Å². The van der Waals surface area contributed by atoms with Crippen molar-refractivity contribution in [1.82, 2.24) is 0 Å². The predicted octanol–water partition coefficient (Wildman–Crippen LogP) is 1.30. The van der Waals surface area contributed by atoms with E-state index in [-0.39, 0.29) is 6.29 Å². The molecule has 3 aliphatic rings. The monoisotopic (exact) mass is 140 g/mol. The second-order valence-electron chi connectivity index (χ2n) is 3.62. The van der Waals surface area contributed by atoms with Gasteiger partial charge < -0.3 is 9.47 Å².